The van der Waals surface area contributed by atoms with Gasteiger partial charge in [0.05, 0.1) is 4.48 Å². The molecular weight excluding hydrogens is 244 g/mol. The van der Waals surface area contributed by atoms with Crippen LogP contribution in [0.25, 0.3) is 0 Å². The van der Waals surface area contributed by atoms with Gasteiger partial charge in [0, 0.05) is 32.2 Å². The summed E-state index contributed by atoms with van der Waals surface area (Å²) >= 11 is 3.37. The molecule has 0 amide bonds. The zero-order chi connectivity index (χ0) is 10.4. The predicted molar refractivity (Wildman–Crippen MR) is 62.0 cm³/mol. The molecule has 0 aromatic rings. The Hall–Kier alpha value is -0.350. The van der Waals surface area contributed by atoms with Gasteiger partial charge in [0.2, 0.25) is 0 Å². The molecule has 3 nitrogen and oxygen atoms in total. The fourth-order valence-electron chi connectivity index (χ4n) is 1.55. The van der Waals surface area contributed by atoms with E-state index in [-0.39, 0.29) is 0 Å². The third-order valence-corrected chi connectivity index (χ3v) is 3.10. The molecule has 0 unspecified atom stereocenters. The maximum atomic E-state index is 7.84. The first-order valence-electron chi connectivity index (χ1n) is 4.92. The molecular formula is C10H17BrN2O. The second-order valence-corrected chi connectivity index (χ2v) is 4.37. The lowest BCUT2D eigenvalue weighted by atomic mass is 9.94. The van der Waals surface area contributed by atoms with Gasteiger partial charge < -0.3 is 15.5 Å². The molecule has 1 aliphatic rings. The van der Waals surface area contributed by atoms with Crippen molar-refractivity contribution in [2.24, 2.45) is 5.92 Å². The minimum absolute atomic E-state index is 0.619. The number of rotatable bonds is 4. The van der Waals surface area contributed by atoms with Gasteiger partial charge in [-0.05, 0) is 41.1 Å². The van der Waals surface area contributed by atoms with Crippen molar-refractivity contribution in [3.63, 3.8) is 0 Å². The molecule has 0 aromatic heterocycles. The van der Waals surface area contributed by atoms with Gasteiger partial charge in [-0.25, -0.2) is 0 Å². The van der Waals surface area contributed by atoms with E-state index in [0.29, 0.717) is 11.6 Å². The quantitative estimate of drug-likeness (QED) is 0.762. The number of halogens is 1. The van der Waals surface area contributed by atoms with Gasteiger partial charge in [-0.2, -0.15) is 0 Å². The van der Waals surface area contributed by atoms with Crippen molar-refractivity contribution < 1.29 is 4.74 Å². The van der Waals surface area contributed by atoms with E-state index >= 15 is 0 Å². The van der Waals surface area contributed by atoms with Gasteiger partial charge in [0.15, 0.2) is 0 Å². The third kappa shape index (κ3) is 3.80. The zero-order valence-corrected chi connectivity index (χ0v) is 10.1. The summed E-state index contributed by atoms with van der Waals surface area (Å²) in [4.78, 5) is 0. The molecule has 2 N–H and O–H groups in total. The number of nitrogens with one attached hydrogen (secondary N) is 2. The summed E-state index contributed by atoms with van der Waals surface area (Å²) in [5.74, 6) is 0.619. The van der Waals surface area contributed by atoms with E-state index in [2.05, 4.69) is 21.2 Å². The monoisotopic (exact) mass is 260 g/mol. The van der Waals surface area contributed by atoms with Crippen molar-refractivity contribution >= 4 is 21.6 Å². The maximum absolute atomic E-state index is 7.84. The van der Waals surface area contributed by atoms with E-state index in [1.807, 2.05) is 13.2 Å². The van der Waals surface area contributed by atoms with E-state index in [1.165, 1.54) is 0 Å². The zero-order valence-electron chi connectivity index (χ0n) is 8.48. The van der Waals surface area contributed by atoms with Crippen LogP contribution in [0.15, 0.2) is 10.7 Å². The molecule has 0 saturated carbocycles. The fraction of sp³-hybridized carbons (Fsp3) is 0.700. The summed E-state index contributed by atoms with van der Waals surface area (Å²) < 4.78 is 6.13. The van der Waals surface area contributed by atoms with E-state index in [1.54, 1.807) is 0 Å². The van der Waals surface area contributed by atoms with E-state index in [0.717, 1.165) is 37.0 Å². The normalized spacial score (nSPS) is 19.4. The summed E-state index contributed by atoms with van der Waals surface area (Å²) in [6.07, 6.45) is 4.83. The third-order valence-electron chi connectivity index (χ3n) is 2.39. The van der Waals surface area contributed by atoms with E-state index < -0.39 is 0 Å². The highest BCUT2D eigenvalue weighted by atomic mass is 79.9. The second-order valence-electron chi connectivity index (χ2n) is 3.52. The molecule has 1 heterocycles. The van der Waals surface area contributed by atoms with Crippen LogP contribution in [-0.2, 0) is 4.74 Å². The highest BCUT2D eigenvalue weighted by molar-refractivity contribution is 9.12. The summed E-state index contributed by atoms with van der Waals surface area (Å²) in [5.41, 5.74) is 0.672. The average Bonchev–Trinajstić information content (AvgIpc) is 2.19. The lowest BCUT2D eigenvalue weighted by Gasteiger charge is -2.21. The first-order chi connectivity index (χ1) is 6.74. The summed E-state index contributed by atoms with van der Waals surface area (Å²) in [6, 6.07) is 0. The average molecular weight is 261 g/mol. The van der Waals surface area contributed by atoms with Crippen LogP contribution in [0.4, 0.5) is 0 Å². The van der Waals surface area contributed by atoms with Gasteiger partial charge in [0.25, 0.3) is 0 Å². The van der Waals surface area contributed by atoms with Crippen molar-refractivity contribution in [3.05, 3.63) is 10.7 Å². The van der Waals surface area contributed by atoms with Crippen molar-refractivity contribution in [1.82, 2.24) is 5.32 Å². The standard InChI is InChI=1S/C10H17BrN2O/c1-13-7-9(11)10(12)6-8-2-4-14-5-3-8/h7-8,12-13H,2-6H2,1H3/b9-7+,12-10?. The molecule has 0 radical (unpaired) electrons. The largest absolute Gasteiger partial charge is 0.393 e. The van der Waals surface area contributed by atoms with Gasteiger partial charge >= 0.3 is 0 Å². The Morgan fingerprint density at radius 2 is 2.21 bits per heavy atom. The molecule has 0 atom stereocenters. The molecule has 1 aliphatic heterocycles. The lowest BCUT2D eigenvalue weighted by Crippen LogP contribution is -2.18. The van der Waals surface area contributed by atoms with Crippen LogP contribution in [0.1, 0.15) is 19.3 Å². The lowest BCUT2D eigenvalue weighted by molar-refractivity contribution is 0.0684. The first-order valence-corrected chi connectivity index (χ1v) is 5.71. The summed E-state index contributed by atoms with van der Waals surface area (Å²) in [5, 5.41) is 10.7. The molecule has 4 heteroatoms. The van der Waals surface area contributed by atoms with Crippen LogP contribution in [0, 0.1) is 11.3 Å². The summed E-state index contributed by atoms with van der Waals surface area (Å²) in [6.45, 7) is 1.70. The van der Waals surface area contributed by atoms with Crippen LogP contribution in [-0.4, -0.2) is 26.0 Å². The molecule has 0 aromatic carbocycles. The van der Waals surface area contributed by atoms with E-state index in [4.69, 9.17) is 10.1 Å². The number of ether oxygens (including phenoxy) is 1. The highest BCUT2D eigenvalue weighted by Crippen LogP contribution is 2.21. The summed E-state index contributed by atoms with van der Waals surface area (Å²) in [7, 11) is 1.84. The van der Waals surface area contributed by atoms with Crippen LogP contribution < -0.4 is 5.32 Å². The Labute approximate surface area is 93.5 Å². The van der Waals surface area contributed by atoms with E-state index in [9.17, 15) is 0 Å². The molecule has 0 aliphatic carbocycles. The van der Waals surface area contributed by atoms with Crippen molar-refractivity contribution in [2.75, 3.05) is 20.3 Å². The van der Waals surface area contributed by atoms with Gasteiger partial charge in [0.1, 0.15) is 0 Å². The Morgan fingerprint density at radius 3 is 2.79 bits per heavy atom. The van der Waals surface area contributed by atoms with Gasteiger partial charge in [-0.3, -0.25) is 0 Å². The van der Waals surface area contributed by atoms with Crippen LogP contribution in [0.3, 0.4) is 0 Å². The number of hydrogen-bond acceptors (Lipinski definition) is 3. The Kier molecular flexibility index (Phi) is 5.19. The van der Waals surface area contributed by atoms with Crippen LogP contribution in [0.5, 0.6) is 0 Å². The molecule has 14 heavy (non-hydrogen) atoms. The Morgan fingerprint density at radius 1 is 1.57 bits per heavy atom. The molecule has 80 valence electrons. The molecule has 0 bridgehead atoms. The molecule has 0 spiro atoms. The molecule has 1 fully saturated rings. The topological polar surface area (TPSA) is 45.1 Å². The van der Waals surface area contributed by atoms with Crippen LogP contribution >= 0.6 is 15.9 Å². The minimum Gasteiger partial charge on any atom is -0.393 e. The molecule has 1 saturated heterocycles. The van der Waals surface area contributed by atoms with Crippen LogP contribution in [0.2, 0.25) is 0 Å². The van der Waals surface area contributed by atoms with Crippen molar-refractivity contribution in [2.45, 2.75) is 19.3 Å². The van der Waals surface area contributed by atoms with Crippen molar-refractivity contribution in [3.8, 4) is 0 Å². The smallest absolute Gasteiger partial charge is 0.0539 e. The van der Waals surface area contributed by atoms with Gasteiger partial charge in [-0.1, -0.05) is 0 Å². The van der Waals surface area contributed by atoms with Crippen molar-refractivity contribution in [1.29, 1.82) is 5.41 Å². The molecule has 1 rings (SSSR count). The second kappa shape index (κ2) is 6.19. The number of hydrogen-bond donors (Lipinski definition) is 2. The SMILES string of the molecule is CN/C=C(/Br)C(=N)CC1CCOCC1. The Bertz CT molecular complexity index is 222. The minimum atomic E-state index is 0.619. The predicted octanol–water partition coefficient (Wildman–Crippen LogP) is 2.28. The highest BCUT2D eigenvalue weighted by Gasteiger charge is 2.16. The van der Waals surface area contributed by atoms with Gasteiger partial charge in [-0.15, -0.1) is 0 Å². The Balaban J connectivity index is 2.35. The maximum Gasteiger partial charge on any atom is 0.0539 e. The first kappa shape index (κ1) is 11.7. The fourth-order valence-corrected chi connectivity index (χ4v) is 1.94. The number of allylic oxidation sites excluding steroid dienone is 1.